The largest absolute Gasteiger partial charge is 0.504 e. The Hall–Kier alpha value is -0.870. The van der Waals surface area contributed by atoms with Crippen LogP contribution in [0.4, 0.5) is 0 Å². The maximum absolute atomic E-state index is 9.61. The number of phenols is 2. The molecular formula is C14H23NO2S. The topological polar surface area (TPSA) is 52.5 Å². The van der Waals surface area contributed by atoms with E-state index < -0.39 is 0 Å². The zero-order valence-electron chi connectivity index (χ0n) is 11.0. The van der Waals surface area contributed by atoms with Crippen LogP contribution in [0.1, 0.15) is 31.2 Å². The van der Waals surface area contributed by atoms with Gasteiger partial charge in [0.25, 0.3) is 0 Å². The Morgan fingerprint density at radius 3 is 2.67 bits per heavy atom. The van der Waals surface area contributed by atoms with Crippen LogP contribution < -0.4 is 5.32 Å². The van der Waals surface area contributed by atoms with Crippen LogP contribution >= 0.6 is 11.8 Å². The van der Waals surface area contributed by atoms with Gasteiger partial charge >= 0.3 is 0 Å². The molecule has 0 spiro atoms. The van der Waals surface area contributed by atoms with Gasteiger partial charge in [0.2, 0.25) is 0 Å². The van der Waals surface area contributed by atoms with Crippen molar-refractivity contribution in [2.45, 2.75) is 32.2 Å². The van der Waals surface area contributed by atoms with Crippen molar-refractivity contribution in [3.63, 3.8) is 0 Å². The van der Waals surface area contributed by atoms with E-state index in [4.69, 9.17) is 0 Å². The summed E-state index contributed by atoms with van der Waals surface area (Å²) in [6.07, 6.45) is 7.14. The summed E-state index contributed by atoms with van der Waals surface area (Å²) in [5, 5.41) is 22.2. The van der Waals surface area contributed by atoms with Gasteiger partial charge in [-0.05, 0) is 37.5 Å². The monoisotopic (exact) mass is 269 g/mol. The molecule has 3 nitrogen and oxygen atoms in total. The zero-order valence-corrected chi connectivity index (χ0v) is 11.8. The predicted molar refractivity (Wildman–Crippen MR) is 78.3 cm³/mol. The molecule has 1 rings (SSSR count). The molecule has 0 amide bonds. The summed E-state index contributed by atoms with van der Waals surface area (Å²) in [7, 11) is 0. The van der Waals surface area contributed by atoms with Gasteiger partial charge in [0.1, 0.15) is 0 Å². The Morgan fingerprint density at radius 1 is 1.11 bits per heavy atom. The first-order valence-electron chi connectivity index (χ1n) is 6.45. The van der Waals surface area contributed by atoms with E-state index in [0.29, 0.717) is 6.54 Å². The van der Waals surface area contributed by atoms with Crippen LogP contribution in [0.2, 0.25) is 0 Å². The molecule has 0 aliphatic carbocycles. The fraction of sp³-hybridized carbons (Fsp3) is 0.571. The van der Waals surface area contributed by atoms with Gasteiger partial charge in [-0.2, -0.15) is 11.8 Å². The molecule has 1 aromatic carbocycles. The van der Waals surface area contributed by atoms with Gasteiger partial charge < -0.3 is 15.5 Å². The number of rotatable bonds is 9. The van der Waals surface area contributed by atoms with Crippen molar-refractivity contribution in [3.8, 4) is 11.5 Å². The van der Waals surface area contributed by atoms with Gasteiger partial charge in [0, 0.05) is 12.1 Å². The molecule has 0 bridgehead atoms. The molecule has 0 saturated heterocycles. The smallest absolute Gasteiger partial charge is 0.161 e. The number of nitrogens with one attached hydrogen (secondary N) is 1. The number of hydrogen-bond donors (Lipinski definition) is 3. The van der Waals surface area contributed by atoms with Crippen LogP contribution in [0, 0.1) is 0 Å². The maximum atomic E-state index is 9.61. The average molecular weight is 269 g/mol. The van der Waals surface area contributed by atoms with Crippen molar-refractivity contribution in [3.05, 3.63) is 23.8 Å². The van der Waals surface area contributed by atoms with E-state index in [1.807, 2.05) is 17.8 Å². The number of hydrogen-bond acceptors (Lipinski definition) is 4. The molecule has 0 aliphatic rings. The molecule has 0 heterocycles. The van der Waals surface area contributed by atoms with Gasteiger partial charge in [0.15, 0.2) is 11.5 Å². The van der Waals surface area contributed by atoms with Crippen LogP contribution in [0.15, 0.2) is 18.2 Å². The van der Waals surface area contributed by atoms with Crippen LogP contribution in [0.5, 0.6) is 11.5 Å². The van der Waals surface area contributed by atoms with Crippen molar-refractivity contribution < 1.29 is 10.2 Å². The summed E-state index contributed by atoms with van der Waals surface area (Å²) in [4.78, 5) is 0. The van der Waals surface area contributed by atoms with Crippen molar-refractivity contribution in [2.24, 2.45) is 0 Å². The van der Waals surface area contributed by atoms with Crippen LogP contribution in [-0.2, 0) is 6.54 Å². The fourth-order valence-electron chi connectivity index (χ4n) is 1.79. The molecule has 3 N–H and O–H groups in total. The van der Waals surface area contributed by atoms with Crippen LogP contribution in [0.25, 0.3) is 0 Å². The summed E-state index contributed by atoms with van der Waals surface area (Å²) in [6.45, 7) is 1.55. The molecule has 4 heteroatoms. The zero-order chi connectivity index (χ0) is 13.2. The van der Waals surface area contributed by atoms with Crippen molar-refractivity contribution in [1.82, 2.24) is 5.32 Å². The lowest BCUT2D eigenvalue weighted by molar-refractivity contribution is 0.397. The molecule has 0 saturated carbocycles. The van der Waals surface area contributed by atoms with Gasteiger partial charge in [0.05, 0.1) is 0 Å². The van der Waals surface area contributed by atoms with Gasteiger partial charge in [-0.25, -0.2) is 0 Å². The standard InChI is InChI=1S/C14H23NO2S/c1-18-10-5-3-2-4-9-15-11-12-7-6-8-13(16)14(12)17/h6-8,15-17H,2-5,9-11H2,1H3. The molecule has 0 radical (unpaired) electrons. The van der Waals surface area contributed by atoms with Crippen LogP contribution in [-0.4, -0.2) is 28.8 Å². The van der Waals surface area contributed by atoms with Crippen molar-refractivity contribution in [1.29, 1.82) is 0 Å². The van der Waals surface area contributed by atoms with Gasteiger partial charge in [-0.15, -0.1) is 0 Å². The lowest BCUT2D eigenvalue weighted by atomic mass is 10.1. The minimum absolute atomic E-state index is 0.00929. The Balaban J connectivity index is 2.09. The second-order valence-electron chi connectivity index (χ2n) is 4.37. The second kappa shape index (κ2) is 9.11. The summed E-state index contributed by atoms with van der Waals surface area (Å²) in [5.74, 6) is 1.20. The Bertz CT molecular complexity index is 345. The summed E-state index contributed by atoms with van der Waals surface area (Å²) < 4.78 is 0. The molecule has 102 valence electrons. The maximum Gasteiger partial charge on any atom is 0.161 e. The summed E-state index contributed by atoms with van der Waals surface area (Å²) in [6, 6.07) is 5.06. The molecule has 0 aromatic heterocycles. The Morgan fingerprint density at radius 2 is 1.89 bits per heavy atom. The van der Waals surface area contributed by atoms with E-state index in [9.17, 15) is 10.2 Å². The molecule has 18 heavy (non-hydrogen) atoms. The first kappa shape index (κ1) is 15.2. The minimum Gasteiger partial charge on any atom is -0.504 e. The predicted octanol–water partition coefficient (Wildman–Crippen LogP) is 3.11. The first-order valence-corrected chi connectivity index (χ1v) is 7.84. The van der Waals surface area contributed by atoms with E-state index >= 15 is 0 Å². The summed E-state index contributed by atoms with van der Waals surface area (Å²) in [5.41, 5.74) is 0.748. The number of aromatic hydroxyl groups is 2. The van der Waals surface area contributed by atoms with Crippen molar-refractivity contribution in [2.75, 3.05) is 18.6 Å². The SMILES string of the molecule is CSCCCCCCNCc1cccc(O)c1O. The highest BCUT2D eigenvalue weighted by molar-refractivity contribution is 7.98. The highest BCUT2D eigenvalue weighted by Crippen LogP contribution is 2.27. The normalized spacial score (nSPS) is 10.7. The van der Waals surface area contributed by atoms with E-state index in [0.717, 1.165) is 18.5 Å². The fourth-order valence-corrected chi connectivity index (χ4v) is 2.29. The number of thioether (sulfide) groups is 1. The Kier molecular flexibility index (Phi) is 7.69. The van der Waals surface area contributed by atoms with Crippen molar-refractivity contribution >= 4 is 11.8 Å². The first-order chi connectivity index (χ1) is 8.75. The molecule has 0 unspecified atom stereocenters. The third-order valence-electron chi connectivity index (χ3n) is 2.87. The number of phenolic OH excluding ortho intramolecular Hbond substituents is 2. The lowest BCUT2D eigenvalue weighted by Crippen LogP contribution is -2.14. The lowest BCUT2D eigenvalue weighted by Gasteiger charge is -2.07. The number of unbranched alkanes of at least 4 members (excludes halogenated alkanes) is 3. The third kappa shape index (κ3) is 5.65. The van der Waals surface area contributed by atoms with E-state index in [-0.39, 0.29) is 11.5 Å². The number of benzene rings is 1. The van der Waals surface area contributed by atoms with Crippen LogP contribution in [0.3, 0.4) is 0 Å². The van der Waals surface area contributed by atoms with Gasteiger partial charge in [-0.1, -0.05) is 25.0 Å². The van der Waals surface area contributed by atoms with E-state index in [1.165, 1.54) is 31.1 Å². The second-order valence-corrected chi connectivity index (χ2v) is 5.35. The molecule has 0 fully saturated rings. The quantitative estimate of drug-likeness (QED) is 0.476. The molecule has 0 aliphatic heterocycles. The number of para-hydroxylation sites is 1. The van der Waals surface area contributed by atoms with Gasteiger partial charge in [-0.3, -0.25) is 0 Å². The minimum atomic E-state index is -0.0497. The average Bonchev–Trinajstić information content (AvgIpc) is 2.37. The molecule has 1 aromatic rings. The molecule has 0 atom stereocenters. The van der Waals surface area contributed by atoms with E-state index in [1.54, 1.807) is 6.07 Å². The highest BCUT2D eigenvalue weighted by Gasteiger charge is 2.04. The van der Waals surface area contributed by atoms with E-state index in [2.05, 4.69) is 11.6 Å². The Labute approximate surface area is 114 Å². The third-order valence-corrected chi connectivity index (χ3v) is 3.56. The summed E-state index contributed by atoms with van der Waals surface area (Å²) >= 11 is 1.90. The molecular weight excluding hydrogens is 246 g/mol. The highest BCUT2D eigenvalue weighted by atomic mass is 32.2.